The lowest BCUT2D eigenvalue weighted by molar-refractivity contribution is -0.127. The predicted molar refractivity (Wildman–Crippen MR) is 109 cm³/mol. The molecule has 2 aliphatic carbocycles. The van der Waals surface area contributed by atoms with Gasteiger partial charge in [0.15, 0.2) is 0 Å². The number of rotatable bonds is 7. The standard InChI is InChI=1S/C23H31FN2O3/c24-19-6-8-20(9-7-19)29-11-3-10-26-14-17-12-21(22(27)13-18(17)15-26)25-23(28)16-4-1-2-5-16/h1-2,6-9,16-18,21-22,27H,3-5,10-15H2,(H,25,28)/t17-,18+,21-,22-/m0/s1. The second-order valence-electron chi connectivity index (χ2n) is 8.73. The SMILES string of the molecule is O=C(N[C@H]1C[C@H]2CN(CCCOc3ccc(F)cc3)C[C@H]2C[C@@H]1O)C1CC=CC1. The number of ether oxygens (including phenoxy) is 1. The smallest absolute Gasteiger partial charge is 0.224 e. The number of hydrogen-bond acceptors (Lipinski definition) is 4. The van der Waals surface area contributed by atoms with E-state index in [4.69, 9.17) is 4.74 Å². The van der Waals surface area contributed by atoms with Crippen molar-refractivity contribution in [3.63, 3.8) is 0 Å². The third kappa shape index (κ3) is 5.17. The molecule has 0 spiro atoms. The van der Waals surface area contributed by atoms with Gasteiger partial charge < -0.3 is 20.1 Å². The normalized spacial score (nSPS) is 29.7. The van der Waals surface area contributed by atoms with E-state index < -0.39 is 6.10 Å². The highest BCUT2D eigenvalue weighted by molar-refractivity contribution is 5.79. The van der Waals surface area contributed by atoms with Crippen molar-refractivity contribution in [2.45, 2.75) is 44.2 Å². The first-order valence-corrected chi connectivity index (χ1v) is 10.8. The Labute approximate surface area is 171 Å². The molecule has 6 heteroatoms. The average molecular weight is 403 g/mol. The first kappa shape index (κ1) is 20.4. The van der Waals surface area contributed by atoms with Gasteiger partial charge in [0.1, 0.15) is 11.6 Å². The molecule has 158 valence electrons. The van der Waals surface area contributed by atoms with Gasteiger partial charge in [-0.2, -0.15) is 0 Å². The Morgan fingerprint density at radius 1 is 1.14 bits per heavy atom. The fourth-order valence-corrected chi connectivity index (χ4v) is 5.01. The molecule has 2 N–H and O–H groups in total. The Balaban J connectivity index is 1.19. The highest BCUT2D eigenvalue weighted by Gasteiger charge is 2.42. The van der Waals surface area contributed by atoms with E-state index in [2.05, 4.69) is 22.4 Å². The van der Waals surface area contributed by atoms with Crippen LogP contribution in [0.4, 0.5) is 4.39 Å². The quantitative estimate of drug-likeness (QED) is 0.544. The van der Waals surface area contributed by atoms with Crippen molar-refractivity contribution >= 4 is 5.91 Å². The van der Waals surface area contributed by atoms with Crippen LogP contribution in [0.25, 0.3) is 0 Å². The second kappa shape index (κ2) is 9.26. The van der Waals surface area contributed by atoms with E-state index in [1.165, 1.54) is 12.1 Å². The van der Waals surface area contributed by atoms with Crippen molar-refractivity contribution in [3.8, 4) is 5.75 Å². The molecule has 1 saturated heterocycles. The summed E-state index contributed by atoms with van der Waals surface area (Å²) in [5, 5.41) is 13.7. The summed E-state index contributed by atoms with van der Waals surface area (Å²) in [6, 6.07) is 5.99. The number of nitrogens with one attached hydrogen (secondary N) is 1. The molecule has 1 aromatic rings. The van der Waals surface area contributed by atoms with Crippen molar-refractivity contribution in [1.82, 2.24) is 10.2 Å². The number of carbonyl (C=O) groups is 1. The first-order valence-electron chi connectivity index (χ1n) is 10.8. The van der Waals surface area contributed by atoms with Gasteiger partial charge in [0.25, 0.3) is 0 Å². The molecule has 1 heterocycles. The minimum Gasteiger partial charge on any atom is -0.494 e. The maximum Gasteiger partial charge on any atom is 0.224 e. The van der Waals surface area contributed by atoms with Crippen LogP contribution in [0.15, 0.2) is 36.4 Å². The highest BCUT2D eigenvalue weighted by atomic mass is 19.1. The molecule has 29 heavy (non-hydrogen) atoms. The van der Waals surface area contributed by atoms with Crippen LogP contribution in [0.5, 0.6) is 5.75 Å². The van der Waals surface area contributed by atoms with Crippen molar-refractivity contribution < 1.29 is 19.0 Å². The Kier molecular flexibility index (Phi) is 6.50. The van der Waals surface area contributed by atoms with Gasteiger partial charge in [-0.3, -0.25) is 4.79 Å². The van der Waals surface area contributed by atoms with E-state index in [1.54, 1.807) is 12.1 Å². The fraction of sp³-hybridized carbons (Fsp3) is 0.609. The Morgan fingerprint density at radius 2 is 1.83 bits per heavy atom. The second-order valence-corrected chi connectivity index (χ2v) is 8.73. The van der Waals surface area contributed by atoms with Crippen LogP contribution in [0, 0.1) is 23.6 Å². The number of allylic oxidation sites excluding steroid dienone is 2. The molecular formula is C23H31FN2O3. The van der Waals surface area contributed by atoms with E-state index in [1.807, 2.05) is 0 Å². The minimum atomic E-state index is -0.448. The van der Waals surface area contributed by atoms with Gasteiger partial charge in [-0.05, 0) is 68.2 Å². The Hall–Kier alpha value is -1.92. The fourth-order valence-electron chi connectivity index (χ4n) is 5.01. The summed E-state index contributed by atoms with van der Waals surface area (Å²) < 4.78 is 18.6. The van der Waals surface area contributed by atoms with Crippen molar-refractivity contribution in [1.29, 1.82) is 0 Å². The molecule has 1 amide bonds. The molecule has 5 nitrogen and oxygen atoms in total. The summed E-state index contributed by atoms with van der Waals surface area (Å²) in [5.41, 5.74) is 0. The number of aliphatic hydroxyl groups excluding tert-OH is 1. The van der Waals surface area contributed by atoms with E-state index in [9.17, 15) is 14.3 Å². The highest BCUT2D eigenvalue weighted by Crippen LogP contribution is 2.36. The first-order chi connectivity index (χ1) is 14.1. The van der Waals surface area contributed by atoms with Gasteiger partial charge in [0.05, 0.1) is 18.8 Å². The summed E-state index contributed by atoms with van der Waals surface area (Å²) in [6.07, 6.45) is 7.84. The summed E-state index contributed by atoms with van der Waals surface area (Å²) in [5.74, 6) is 1.61. The number of nitrogens with zero attached hydrogens (tertiary/aromatic N) is 1. The molecule has 0 aromatic heterocycles. The van der Waals surface area contributed by atoms with E-state index >= 15 is 0 Å². The molecule has 0 unspecified atom stereocenters. The summed E-state index contributed by atoms with van der Waals surface area (Å²) in [6.45, 7) is 3.58. The molecule has 2 fully saturated rings. The minimum absolute atomic E-state index is 0.0427. The number of carbonyl (C=O) groups excluding carboxylic acids is 1. The van der Waals surface area contributed by atoms with Gasteiger partial charge in [-0.15, -0.1) is 0 Å². The van der Waals surface area contributed by atoms with Crippen LogP contribution in [-0.2, 0) is 4.79 Å². The molecule has 3 aliphatic rings. The van der Waals surface area contributed by atoms with E-state index in [-0.39, 0.29) is 23.7 Å². The van der Waals surface area contributed by atoms with Crippen LogP contribution in [0.3, 0.4) is 0 Å². The number of fused-ring (bicyclic) bond motifs is 1. The largest absolute Gasteiger partial charge is 0.494 e. The number of amides is 1. The van der Waals surface area contributed by atoms with Gasteiger partial charge in [0.2, 0.25) is 5.91 Å². The number of halogens is 1. The summed E-state index contributed by atoms with van der Waals surface area (Å²) >= 11 is 0. The Morgan fingerprint density at radius 3 is 2.55 bits per heavy atom. The number of hydrogen-bond donors (Lipinski definition) is 2. The van der Waals surface area contributed by atoms with Crippen LogP contribution in [-0.4, -0.2) is 54.3 Å². The molecule has 1 aliphatic heterocycles. The van der Waals surface area contributed by atoms with Gasteiger partial charge in [0, 0.05) is 25.6 Å². The van der Waals surface area contributed by atoms with Crippen LogP contribution in [0.2, 0.25) is 0 Å². The lowest BCUT2D eigenvalue weighted by Gasteiger charge is -2.36. The van der Waals surface area contributed by atoms with Crippen molar-refractivity contribution in [3.05, 3.63) is 42.2 Å². The van der Waals surface area contributed by atoms with Gasteiger partial charge in [-0.25, -0.2) is 4.39 Å². The zero-order valence-corrected chi connectivity index (χ0v) is 16.8. The molecule has 1 aromatic carbocycles. The van der Waals surface area contributed by atoms with E-state index in [0.717, 1.165) is 51.7 Å². The van der Waals surface area contributed by atoms with Crippen LogP contribution < -0.4 is 10.1 Å². The maximum absolute atomic E-state index is 12.9. The number of aliphatic hydroxyl groups is 1. The predicted octanol–water partition coefficient (Wildman–Crippen LogP) is 2.75. The topological polar surface area (TPSA) is 61.8 Å². The monoisotopic (exact) mass is 402 g/mol. The average Bonchev–Trinajstić information content (AvgIpc) is 3.37. The third-order valence-electron chi connectivity index (χ3n) is 6.62. The molecule has 4 rings (SSSR count). The lowest BCUT2D eigenvalue weighted by atomic mass is 9.77. The van der Waals surface area contributed by atoms with Crippen molar-refractivity contribution in [2.75, 3.05) is 26.2 Å². The Bertz CT molecular complexity index is 715. The molecule has 4 atom stereocenters. The molecular weight excluding hydrogens is 371 g/mol. The zero-order chi connectivity index (χ0) is 20.2. The number of benzene rings is 1. The van der Waals surface area contributed by atoms with Gasteiger partial charge in [-0.1, -0.05) is 12.2 Å². The van der Waals surface area contributed by atoms with E-state index in [0.29, 0.717) is 24.2 Å². The number of likely N-dealkylation sites (tertiary alicyclic amines) is 1. The molecule has 0 bridgehead atoms. The van der Waals surface area contributed by atoms with Gasteiger partial charge >= 0.3 is 0 Å². The third-order valence-corrected chi connectivity index (χ3v) is 6.62. The van der Waals surface area contributed by atoms with Crippen LogP contribution in [0.1, 0.15) is 32.1 Å². The summed E-state index contributed by atoms with van der Waals surface area (Å²) in [4.78, 5) is 14.9. The molecule has 1 saturated carbocycles. The lowest BCUT2D eigenvalue weighted by Crippen LogP contribution is -2.50. The summed E-state index contributed by atoms with van der Waals surface area (Å²) in [7, 11) is 0. The van der Waals surface area contributed by atoms with Crippen molar-refractivity contribution in [2.24, 2.45) is 17.8 Å². The van der Waals surface area contributed by atoms with Crippen LogP contribution >= 0.6 is 0 Å². The molecule has 0 radical (unpaired) electrons. The zero-order valence-electron chi connectivity index (χ0n) is 16.8. The maximum atomic E-state index is 12.9.